The summed E-state index contributed by atoms with van der Waals surface area (Å²) in [6, 6.07) is 3.08. The first-order chi connectivity index (χ1) is 9.31. The Labute approximate surface area is 119 Å². The zero-order valence-electron chi connectivity index (χ0n) is 12.5. The zero-order valence-corrected chi connectivity index (χ0v) is 12.5. The highest BCUT2D eigenvalue weighted by molar-refractivity contribution is 5.87. The molecule has 110 valence electrons. The van der Waals surface area contributed by atoms with Crippen LogP contribution < -0.4 is 5.32 Å². The monoisotopic (exact) mass is 278 g/mol. The van der Waals surface area contributed by atoms with Gasteiger partial charge in [-0.3, -0.25) is 9.78 Å². The molecule has 1 rings (SSSR count). The number of pyridine rings is 1. The molecule has 1 unspecified atom stereocenters. The smallest absolute Gasteiger partial charge is 0.408 e. The minimum atomic E-state index is -0.583. The van der Waals surface area contributed by atoms with Gasteiger partial charge in [0.15, 0.2) is 5.78 Å². The summed E-state index contributed by atoms with van der Waals surface area (Å²) in [5.41, 5.74) is 0.364. The van der Waals surface area contributed by atoms with Crippen LogP contribution in [-0.2, 0) is 16.0 Å². The summed E-state index contributed by atoms with van der Waals surface area (Å²) in [6.07, 6.45) is 3.56. The van der Waals surface area contributed by atoms with Crippen LogP contribution >= 0.6 is 0 Å². The molecule has 0 aliphatic rings. The molecule has 1 amide bonds. The Hall–Kier alpha value is -1.91. The average Bonchev–Trinajstić information content (AvgIpc) is 2.36. The van der Waals surface area contributed by atoms with Crippen molar-refractivity contribution in [2.45, 2.75) is 52.2 Å². The van der Waals surface area contributed by atoms with Gasteiger partial charge in [-0.1, -0.05) is 6.92 Å². The van der Waals surface area contributed by atoms with Gasteiger partial charge >= 0.3 is 6.09 Å². The number of carbonyl (C=O) groups excluding carboxylic acids is 2. The van der Waals surface area contributed by atoms with Gasteiger partial charge in [0.1, 0.15) is 5.60 Å². The molecule has 0 fully saturated rings. The van der Waals surface area contributed by atoms with E-state index in [1.807, 2.05) is 12.1 Å². The fourth-order valence-corrected chi connectivity index (χ4v) is 1.70. The van der Waals surface area contributed by atoms with E-state index in [0.29, 0.717) is 12.8 Å². The molecular weight excluding hydrogens is 256 g/mol. The van der Waals surface area contributed by atoms with Crippen molar-refractivity contribution in [3.05, 3.63) is 30.1 Å². The molecule has 0 saturated carbocycles. The number of ether oxygens (including phenoxy) is 1. The summed E-state index contributed by atoms with van der Waals surface area (Å²) in [5.74, 6) is -0.0207. The van der Waals surface area contributed by atoms with Gasteiger partial charge in [0.05, 0.1) is 6.04 Å². The molecule has 0 aromatic carbocycles. The van der Waals surface area contributed by atoms with Crippen molar-refractivity contribution in [1.29, 1.82) is 0 Å². The van der Waals surface area contributed by atoms with Crippen LogP contribution in [0.15, 0.2) is 24.5 Å². The van der Waals surface area contributed by atoms with Crippen LogP contribution in [-0.4, -0.2) is 28.5 Å². The molecular formula is C15H22N2O3. The molecule has 1 aromatic rings. The van der Waals surface area contributed by atoms with E-state index in [2.05, 4.69) is 10.3 Å². The Kier molecular flexibility index (Phi) is 5.67. The van der Waals surface area contributed by atoms with Gasteiger partial charge in [-0.15, -0.1) is 0 Å². The Bertz CT molecular complexity index is 452. The number of Topliss-reactive ketones (excluding diaryl/α,β-unsaturated/α-hetero) is 1. The van der Waals surface area contributed by atoms with Crippen molar-refractivity contribution in [3.63, 3.8) is 0 Å². The average molecular weight is 278 g/mol. The first-order valence-electron chi connectivity index (χ1n) is 6.73. The lowest BCUT2D eigenvalue weighted by Gasteiger charge is -2.23. The first kappa shape index (κ1) is 16.1. The van der Waals surface area contributed by atoms with Crippen LogP contribution in [0.4, 0.5) is 4.79 Å². The number of aromatic nitrogens is 1. The highest BCUT2D eigenvalue weighted by atomic mass is 16.6. The maximum absolute atomic E-state index is 11.9. The van der Waals surface area contributed by atoms with Gasteiger partial charge in [0.2, 0.25) is 0 Å². The Balaban J connectivity index is 2.70. The maximum Gasteiger partial charge on any atom is 0.408 e. The maximum atomic E-state index is 11.9. The van der Waals surface area contributed by atoms with Crippen molar-refractivity contribution in [2.24, 2.45) is 0 Å². The third kappa shape index (κ3) is 5.82. The first-order valence-corrected chi connectivity index (χ1v) is 6.73. The Morgan fingerprint density at radius 1 is 1.30 bits per heavy atom. The van der Waals surface area contributed by atoms with Crippen LogP contribution in [0.2, 0.25) is 0 Å². The second kappa shape index (κ2) is 7.03. The van der Waals surface area contributed by atoms with Gasteiger partial charge < -0.3 is 10.1 Å². The molecule has 20 heavy (non-hydrogen) atoms. The molecule has 0 saturated heterocycles. The minimum Gasteiger partial charge on any atom is -0.444 e. The van der Waals surface area contributed by atoms with Crippen molar-refractivity contribution in [3.8, 4) is 0 Å². The van der Waals surface area contributed by atoms with Crippen LogP contribution in [0.3, 0.4) is 0 Å². The highest BCUT2D eigenvalue weighted by Crippen LogP contribution is 2.09. The highest BCUT2D eigenvalue weighted by Gasteiger charge is 2.23. The number of hydrogen-bond donors (Lipinski definition) is 1. The van der Waals surface area contributed by atoms with Crippen molar-refractivity contribution in [1.82, 2.24) is 10.3 Å². The molecule has 0 bridgehead atoms. The van der Waals surface area contributed by atoms with E-state index in [4.69, 9.17) is 4.74 Å². The number of ketones is 1. The Morgan fingerprint density at radius 3 is 2.40 bits per heavy atom. The van der Waals surface area contributed by atoms with Crippen molar-refractivity contribution >= 4 is 11.9 Å². The van der Waals surface area contributed by atoms with Gasteiger partial charge in [0.25, 0.3) is 0 Å². The SMILES string of the molecule is CCC(=O)C(Cc1ccncc1)NC(=O)OC(C)(C)C. The van der Waals surface area contributed by atoms with E-state index in [1.54, 1.807) is 40.1 Å². The van der Waals surface area contributed by atoms with Crippen molar-refractivity contribution in [2.75, 3.05) is 0 Å². The lowest BCUT2D eigenvalue weighted by Crippen LogP contribution is -2.44. The lowest BCUT2D eigenvalue weighted by atomic mass is 10.0. The third-order valence-corrected chi connectivity index (χ3v) is 2.62. The molecule has 0 radical (unpaired) electrons. The van der Waals surface area contributed by atoms with Crippen LogP contribution in [0.25, 0.3) is 0 Å². The Morgan fingerprint density at radius 2 is 1.90 bits per heavy atom. The van der Waals surface area contributed by atoms with Crippen LogP contribution in [0.5, 0.6) is 0 Å². The summed E-state index contributed by atoms with van der Waals surface area (Å²) < 4.78 is 5.19. The van der Waals surface area contributed by atoms with Gasteiger partial charge in [0, 0.05) is 18.8 Å². The van der Waals surface area contributed by atoms with Gasteiger partial charge in [-0.2, -0.15) is 0 Å². The summed E-state index contributed by atoms with van der Waals surface area (Å²) in [6.45, 7) is 7.13. The van der Waals surface area contributed by atoms with E-state index in [0.717, 1.165) is 5.56 Å². The molecule has 1 heterocycles. The summed E-state index contributed by atoms with van der Waals surface area (Å²) in [7, 11) is 0. The largest absolute Gasteiger partial charge is 0.444 e. The normalized spacial score (nSPS) is 12.6. The number of hydrogen-bond acceptors (Lipinski definition) is 4. The van der Waals surface area contributed by atoms with E-state index in [9.17, 15) is 9.59 Å². The van der Waals surface area contributed by atoms with Gasteiger partial charge in [-0.25, -0.2) is 4.79 Å². The number of carbonyl (C=O) groups is 2. The van der Waals surface area contributed by atoms with E-state index >= 15 is 0 Å². The minimum absolute atomic E-state index is 0.0207. The summed E-state index contributed by atoms with van der Waals surface area (Å²) in [4.78, 5) is 27.6. The number of nitrogens with zero attached hydrogens (tertiary/aromatic N) is 1. The zero-order chi connectivity index (χ0) is 15.2. The lowest BCUT2D eigenvalue weighted by molar-refractivity contribution is -0.120. The second-order valence-electron chi connectivity index (χ2n) is 5.58. The molecule has 5 nitrogen and oxygen atoms in total. The number of nitrogens with one attached hydrogen (secondary N) is 1. The van der Waals surface area contributed by atoms with Crippen LogP contribution in [0, 0.1) is 0 Å². The summed E-state index contributed by atoms with van der Waals surface area (Å²) >= 11 is 0. The summed E-state index contributed by atoms with van der Waals surface area (Å²) in [5, 5.41) is 2.64. The van der Waals surface area contributed by atoms with E-state index < -0.39 is 17.7 Å². The van der Waals surface area contributed by atoms with E-state index in [-0.39, 0.29) is 5.78 Å². The molecule has 0 spiro atoms. The fraction of sp³-hybridized carbons (Fsp3) is 0.533. The number of amides is 1. The van der Waals surface area contributed by atoms with Crippen LogP contribution in [0.1, 0.15) is 39.7 Å². The molecule has 5 heteroatoms. The second-order valence-corrected chi connectivity index (χ2v) is 5.58. The molecule has 1 aromatic heterocycles. The van der Waals surface area contributed by atoms with Gasteiger partial charge in [-0.05, 0) is 44.9 Å². The quantitative estimate of drug-likeness (QED) is 0.898. The molecule has 1 N–H and O–H groups in total. The predicted octanol–water partition coefficient (Wildman–Crippen LogP) is 2.50. The number of rotatable bonds is 5. The number of alkyl carbamates (subject to hydrolysis) is 1. The molecule has 0 aliphatic carbocycles. The van der Waals surface area contributed by atoms with E-state index in [1.165, 1.54) is 0 Å². The standard InChI is InChI=1S/C15H22N2O3/c1-5-13(18)12(10-11-6-8-16-9-7-11)17-14(19)20-15(2,3)4/h6-9,12H,5,10H2,1-4H3,(H,17,19). The topological polar surface area (TPSA) is 68.3 Å². The molecule has 0 aliphatic heterocycles. The van der Waals surface area contributed by atoms with Crippen molar-refractivity contribution < 1.29 is 14.3 Å². The molecule has 1 atom stereocenters. The predicted molar refractivity (Wildman–Crippen MR) is 76.4 cm³/mol. The third-order valence-electron chi connectivity index (χ3n) is 2.62. The fourth-order valence-electron chi connectivity index (χ4n) is 1.70.